The first kappa shape index (κ1) is 16.7. The van der Waals surface area contributed by atoms with Crippen molar-refractivity contribution in [2.75, 3.05) is 6.61 Å². The number of carbonyl (C=O) groups excluding carboxylic acids is 1. The number of aromatic nitrogens is 5. The van der Waals surface area contributed by atoms with Gasteiger partial charge in [-0.3, -0.25) is 4.79 Å². The number of carbonyl (C=O) groups is 1. The lowest BCUT2D eigenvalue weighted by Crippen LogP contribution is -2.12. The summed E-state index contributed by atoms with van der Waals surface area (Å²) in [6.07, 6.45) is 5.40. The van der Waals surface area contributed by atoms with E-state index in [1.54, 1.807) is 19.4 Å². The van der Waals surface area contributed by atoms with E-state index < -0.39 is 5.97 Å². The minimum Gasteiger partial charge on any atom is -0.461 e. The standard InChI is InChI=1S/C20H19N5O3/c1-3-28-20(27)17-16(11-4-5-11)18-19(26)22-14(9-25(18)23-17)12-6-7-15-13(8-12)21-10-24(15)2/h6-11H,3-5H2,1-2H3,(H,22,26). The summed E-state index contributed by atoms with van der Waals surface area (Å²) in [7, 11) is 1.93. The van der Waals surface area contributed by atoms with Gasteiger partial charge in [-0.05, 0) is 37.8 Å². The third-order valence-corrected chi connectivity index (χ3v) is 5.15. The number of hydrogen-bond acceptors (Lipinski definition) is 5. The summed E-state index contributed by atoms with van der Waals surface area (Å²) in [4.78, 5) is 32.6. The third kappa shape index (κ3) is 2.52. The van der Waals surface area contributed by atoms with Crippen LogP contribution in [0.4, 0.5) is 0 Å². The number of hydrogen-bond donors (Lipinski definition) is 1. The number of esters is 1. The number of H-pyrrole nitrogens is 1. The number of aryl methyl sites for hydroxylation is 1. The molecule has 1 aliphatic rings. The molecule has 1 aromatic carbocycles. The molecule has 0 saturated heterocycles. The normalized spacial score (nSPS) is 14.1. The van der Waals surface area contributed by atoms with Gasteiger partial charge in [0.1, 0.15) is 5.52 Å². The van der Waals surface area contributed by atoms with Crippen molar-refractivity contribution in [1.29, 1.82) is 0 Å². The zero-order valence-corrected chi connectivity index (χ0v) is 15.6. The summed E-state index contributed by atoms with van der Waals surface area (Å²) in [6, 6.07) is 5.81. The number of aromatic amines is 1. The number of imidazole rings is 1. The maximum Gasteiger partial charge on any atom is 0.359 e. The lowest BCUT2D eigenvalue weighted by molar-refractivity contribution is 0.0517. The number of ether oxygens (including phenoxy) is 1. The molecule has 28 heavy (non-hydrogen) atoms. The molecular formula is C20H19N5O3. The second-order valence-electron chi connectivity index (χ2n) is 7.11. The Morgan fingerprint density at radius 1 is 1.36 bits per heavy atom. The molecule has 4 aromatic rings. The number of fused-ring (bicyclic) bond motifs is 2. The first-order valence-electron chi connectivity index (χ1n) is 9.31. The van der Waals surface area contributed by atoms with E-state index in [9.17, 15) is 9.59 Å². The maximum absolute atomic E-state index is 12.9. The van der Waals surface area contributed by atoms with Gasteiger partial charge in [0.05, 0.1) is 35.9 Å². The van der Waals surface area contributed by atoms with Crippen LogP contribution in [-0.4, -0.2) is 36.7 Å². The highest BCUT2D eigenvalue weighted by atomic mass is 16.5. The topological polar surface area (TPSA) is 94.3 Å². The van der Waals surface area contributed by atoms with E-state index in [4.69, 9.17) is 4.74 Å². The average molecular weight is 377 g/mol. The summed E-state index contributed by atoms with van der Waals surface area (Å²) in [6.45, 7) is 2.02. The molecule has 3 aromatic heterocycles. The van der Waals surface area contributed by atoms with E-state index in [1.807, 2.05) is 29.8 Å². The third-order valence-electron chi connectivity index (χ3n) is 5.15. The molecule has 1 fully saturated rings. The van der Waals surface area contributed by atoms with Gasteiger partial charge in [-0.25, -0.2) is 14.3 Å². The van der Waals surface area contributed by atoms with Crippen molar-refractivity contribution in [2.24, 2.45) is 7.05 Å². The van der Waals surface area contributed by atoms with Crippen LogP contribution in [0.1, 0.15) is 41.7 Å². The second kappa shape index (κ2) is 6.05. The van der Waals surface area contributed by atoms with Crippen LogP contribution in [-0.2, 0) is 11.8 Å². The Labute approximate surface area is 159 Å². The Kier molecular flexibility index (Phi) is 3.61. The van der Waals surface area contributed by atoms with Gasteiger partial charge >= 0.3 is 5.97 Å². The van der Waals surface area contributed by atoms with E-state index >= 15 is 0 Å². The Morgan fingerprint density at radius 3 is 2.93 bits per heavy atom. The van der Waals surface area contributed by atoms with E-state index in [0.29, 0.717) is 16.8 Å². The molecule has 0 amide bonds. The largest absolute Gasteiger partial charge is 0.461 e. The van der Waals surface area contributed by atoms with Crippen LogP contribution in [0.5, 0.6) is 0 Å². The van der Waals surface area contributed by atoms with E-state index in [-0.39, 0.29) is 23.8 Å². The van der Waals surface area contributed by atoms with Crippen LogP contribution in [0.25, 0.3) is 27.8 Å². The van der Waals surface area contributed by atoms with E-state index in [1.165, 1.54) is 4.52 Å². The first-order chi connectivity index (χ1) is 13.6. The summed E-state index contributed by atoms with van der Waals surface area (Å²) >= 11 is 0. The number of nitrogens with zero attached hydrogens (tertiary/aromatic N) is 4. The first-order valence-corrected chi connectivity index (χ1v) is 9.31. The molecule has 0 radical (unpaired) electrons. The molecule has 1 N–H and O–H groups in total. The van der Waals surface area contributed by atoms with Crippen LogP contribution >= 0.6 is 0 Å². The van der Waals surface area contributed by atoms with Crippen molar-refractivity contribution >= 4 is 22.5 Å². The molecule has 8 nitrogen and oxygen atoms in total. The fourth-order valence-electron chi connectivity index (χ4n) is 3.66. The van der Waals surface area contributed by atoms with Gasteiger partial charge in [-0.15, -0.1) is 0 Å². The molecule has 1 saturated carbocycles. The van der Waals surface area contributed by atoms with Gasteiger partial charge in [0, 0.05) is 18.2 Å². The molecule has 0 bridgehead atoms. The van der Waals surface area contributed by atoms with Crippen LogP contribution in [0, 0.1) is 0 Å². The smallest absolute Gasteiger partial charge is 0.359 e. The fraction of sp³-hybridized carbons (Fsp3) is 0.300. The molecule has 0 unspecified atom stereocenters. The van der Waals surface area contributed by atoms with Crippen molar-refractivity contribution in [3.05, 3.63) is 52.3 Å². The molecule has 8 heteroatoms. The van der Waals surface area contributed by atoms with Crippen molar-refractivity contribution < 1.29 is 9.53 Å². The van der Waals surface area contributed by atoms with Gasteiger partial charge in [-0.2, -0.15) is 5.10 Å². The second-order valence-corrected chi connectivity index (χ2v) is 7.11. The number of rotatable bonds is 4. The van der Waals surface area contributed by atoms with Gasteiger partial charge in [0.2, 0.25) is 0 Å². The predicted octanol–water partition coefficient (Wildman–Crippen LogP) is 2.63. The van der Waals surface area contributed by atoms with Crippen molar-refractivity contribution in [2.45, 2.75) is 25.7 Å². The quantitative estimate of drug-likeness (QED) is 0.552. The Hall–Kier alpha value is -3.42. The minimum absolute atomic E-state index is 0.189. The Balaban J connectivity index is 1.69. The number of nitrogens with one attached hydrogen (secondary N) is 1. The molecule has 3 heterocycles. The molecule has 142 valence electrons. The molecule has 5 rings (SSSR count). The highest BCUT2D eigenvalue weighted by Gasteiger charge is 2.34. The molecular weight excluding hydrogens is 358 g/mol. The van der Waals surface area contributed by atoms with E-state index in [2.05, 4.69) is 15.1 Å². The average Bonchev–Trinajstić information content (AvgIpc) is 3.35. The van der Waals surface area contributed by atoms with Gasteiger partial charge in [0.15, 0.2) is 5.69 Å². The lowest BCUT2D eigenvalue weighted by atomic mass is 10.1. The molecule has 1 aliphatic carbocycles. The SMILES string of the molecule is CCOC(=O)c1nn2cc(-c3ccc4c(c3)ncn4C)[nH]c(=O)c2c1C1CC1. The molecule has 0 aliphatic heterocycles. The van der Waals surface area contributed by atoms with E-state index in [0.717, 1.165) is 29.4 Å². The minimum atomic E-state index is -0.482. The van der Waals surface area contributed by atoms with Crippen LogP contribution in [0.15, 0.2) is 35.5 Å². The van der Waals surface area contributed by atoms with Crippen LogP contribution in [0.3, 0.4) is 0 Å². The van der Waals surface area contributed by atoms with Gasteiger partial charge < -0.3 is 14.3 Å². The van der Waals surface area contributed by atoms with Crippen molar-refractivity contribution in [3.8, 4) is 11.3 Å². The molecule has 0 atom stereocenters. The highest BCUT2D eigenvalue weighted by molar-refractivity contribution is 5.92. The van der Waals surface area contributed by atoms with Gasteiger partial charge in [0.25, 0.3) is 5.56 Å². The molecule has 0 spiro atoms. The predicted molar refractivity (Wildman–Crippen MR) is 103 cm³/mol. The van der Waals surface area contributed by atoms with Crippen molar-refractivity contribution in [1.82, 2.24) is 24.1 Å². The summed E-state index contributed by atoms with van der Waals surface area (Å²) < 4.78 is 8.59. The van der Waals surface area contributed by atoms with Crippen LogP contribution < -0.4 is 5.56 Å². The maximum atomic E-state index is 12.9. The number of benzene rings is 1. The summed E-state index contributed by atoms with van der Waals surface area (Å²) in [5.74, 6) is -0.294. The highest BCUT2D eigenvalue weighted by Crippen LogP contribution is 2.43. The fourth-order valence-corrected chi connectivity index (χ4v) is 3.66. The monoisotopic (exact) mass is 377 g/mol. The summed E-state index contributed by atoms with van der Waals surface area (Å²) in [5, 5.41) is 4.41. The van der Waals surface area contributed by atoms with Crippen molar-refractivity contribution in [3.63, 3.8) is 0 Å². The van der Waals surface area contributed by atoms with Gasteiger partial charge in [-0.1, -0.05) is 6.07 Å². The summed E-state index contributed by atoms with van der Waals surface area (Å²) in [5.41, 5.74) is 4.39. The lowest BCUT2D eigenvalue weighted by Gasteiger charge is -2.04. The zero-order valence-electron chi connectivity index (χ0n) is 15.6. The van der Waals surface area contributed by atoms with Crippen LogP contribution in [0.2, 0.25) is 0 Å². The Bertz CT molecular complexity index is 1290. The Morgan fingerprint density at radius 2 is 2.18 bits per heavy atom. The zero-order chi connectivity index (χ0) is 19.4.